The molecular weight excluding hydrogens is 264 g/mol. The van der Waals surface area contributed by atoms with Crippen molar-refractivity contribution in [3.8, 4) is 0 Å². The first-order valence-electron chi connectivity index (χ1n) is 6.79. The first kappa shape index (κ1) is 13.4. The number of carbonyl (C=O) groups is 1. The highest BCUT2D eigenvalue weighted by Crippen LogP contribution is 2.23. The lowest BCUT2D eigenvalue weighted by Crippen LogP contribution is -2.13. The number of aryl methyl sites for hydroxylation is 2. The van der Waals surface area contributed by atoms with Crippen LogP contribution in [0.1, 0.15) is 27.4 Å². The summed E-state index contributed by atoms with van der Waals surface area (Å²) in [6.07, 6.45) is 1.75. The molecule has 0 saturated carbocycles. The zero-order valence-electron chi connectivity index (χ0n) is 12.2. The van der Waals surface area contributed by atoms with Crippen LogP contribution in [0.4, 0.5) is 5.69 Å². The van der Waals surface area contributed by atoms with Crippen LogP contribution in [0.3, 0.4) is 0 Å². The lowest BCUT2D eigenvalue weighted by molar-refractivity contribution is 0.102. The van der Waals surface area contributed by atoms with Gasteiger partial charge < -0.3 is 9.73 Å². The molecule has 0 unspecified atom stereocenters. The van der Waals surface area contributed by atoms with Crippen molar-refractivity contribution < 1.29 is 9.21 Å². The van der Waals surface area contributed by atoms with Gasteiger partial charge in [-0.2, -0.15) is 0 Å². The highest BCUT2D eigenvalue weighted by Gasteiger charge is 2.18. The fourth-order valence-electron chi connectivity index (χ4n) is 2.47. The summed E-state index contributed by atoms with van der Waals surface area (Å²) in [4.78, 5) is 16.7. The minimum Gasteiger partial charge on any atom is -0.466 e. The van der Waals surface area contributed by atoms with Crippen molar-refractivity contribution in [3.05, 3.63) is 59.2 Å². The Bertz CT molecular complexity index is 834. The second kappa shape index (κ2) is 5.05. The molecule has 0 aliphatic carbocycles. The molecule has 4 nitrogen and oxygen atoms in total. The van der Waals surface area contributed by atoms with E-state index in [0.717, 1.165) is 27.9 Å². The molecule has 0 atom stereocenters. The first-order valence-corrected chi connectivity index (χ1v) is 6.79. The van der Waals surface area contributed by atoms with Gasteiger partial charge >= 0.3 is 0 Å². The van der Waals surface area contributed by atoms with E-state index in [-0.39, 0.29) is 5.91 Å². The molecule has 1 N–H and O–H groups in total. The average molecular weight is 280 g/mol. The molecule has 0 saturated heterocycles. The second-order valence-electron chi connectivity index (χ2n) is 5.08. The summed E-state index contributed by atoms with van der Waals surface area (Å²) in [5.74, 6) is 1.27. The van der Waals surface area contributed by atoms with Gasteiger partial charge in [-0.1, -0.05) is 6.07 Å². The molecule has 0 radical (unpaired) electrons. The number of hydrogen-bond acceptors (Lipinski definition) is 3. The molecule has 0 aliphatic heterocycles. The molecule has 3 rings (SSSR count). The maximum absolute atomic E-state index is 12.4. The van der Waals surface area contributed by atoms with Gasteiger partial charge in [0.05, 0.1) is 11.1 Å². The van der Waals surface area contributed by atoms with Crippen molar-refractivity contribution in [2.24, 2.45) is 0 Å². The Morgan fingerprint density at radius 2 is 1.95 bits per heavy atom. The molecule has 0 bridgehead atoms. The van der Waals surface area contributed by atoms with E-state index in [2.05, 4.69) is 10.3 Å². The highest BCUT2D eigenvalue weighted by molar-refractivity contribution is 6.06. The van der Waals surface area contributed by atoms with Gasteiger partial charge in [-0.3, -0.25) is 9.78 Å². The predicted molar refractivity (Wildman–Crippen MR) is 82.6 cm³/mol. The van der Waals surface area contributed by atoms with Gasteiger partial charge in [0.1, 0.15) is 11.5 Å². The third-order valence-electron chi connectivity index (χ3n) is 3.65. The molecule has 3 aromatic rings. The van der Waals surface area contributed by atoms with Gasteiger partial charge in [0, 0.05) is 22.8 Å². The number of anilines is 1. The fraction of sp³-hybridized carbons (Fsp3) is 0.176. The van der Waals surface area contributed by atoms with Crippen LogP contribution in [0.2, 0.25) is 0 Å². The van der Waals surface area contributed by atoms with Crippen molar-refractivity contribution in [3.63, 3.8) is 0 Å². The summed E-state index contributed by atoms with van der Waals surface area (Å²) >= 11 is 0. The van der Waals surface area contributed by atoms with Gasteiger partial charge in [0.2, 0.25) is 0 Å². The monoisotopic (exact) mass is 280 g/mol. The van der Waals surface area contributed by atoms with E-state index >= 15 is 0 Å². The minimum absolute atomic E-state index is 0.148. The van der Waals surface area contributed by atoms with Crippen molar-refractivity contribution >= 4 is 22.5 Å². The number of furan rings is 1. The normalized spacial score (nSPS) is 10.8. The van der Waals surface area contributed by atoms with Crippen LogP contribution in [-0.2, 0) is 0 Å². The van der Waals surface area contributed by atoms with E-state index in [9.17, 15) is 4.79 Å². The molecular formula is C17H16N2O2. The number of nitrogens with zero attached hydrogens (tertiary/aromatic N) is 1. The maximum atomic E-state index is 12.4. The summed E-state index contributed by atoms with van der Waals surface area (Å²) in [5, 5.41) is 3.91. The van der Waals surface area contributed by atoms with Gasteiger partial charge in [-0.15, -0.1) is 0 Å². The Kier molecular flexibility index (Phi) is 3.22. The zero-order chi connectivity index (χ0) is 15.0. The van der Waals surface area contributed by atoms with E-state index in [0.29, 0.717) is 11.3 Å². The van der Waals surface area contributed by atoms with Gasteiger partial charge in [0.15, 0.2) is 0 Å². The smallest absolute Gasteiger partial charge is 0.259 e. The summed E-state index contributed by atoms with van der Waals surface area (Å²) < 4.78 is 5.50. The number of carbonyl (C=O) groups excluding carboxylic acids is 1. The van der Waals surface area contributed by atoms with E-state index in [1.54, 1.807) is 13.1 Å². The predicted octanol–water partition coefficient (Wildman–Crippen LogP) is 4.01. The summed E-state index contributed by atoms with van der Waals surface area (Å²) in [5.41, 5.74) is 3.14. The Morgan fingerprint density at radius 3 is 2.67 bits per heavy atom. The van der Waals surface area contributed by atoms with Gasteiger partial charge in [-0.05, 0) is 45.0 Å². The topological polar surface area (TPSA) is 55.1 Å². The van der Waals surface area contributed by atoms with E-state index in [1.807, 2.05) is 44.2 Å². The number of benzene rings is 1. The number of rotatable bonds is 2. The van der Waals surface area contributed by atoms with E-state index < -0.39 is 0 Å². The highest BCUT2D eigenvalue weighted by atomic mass is 16.3. The van der Waals surface area contributed by atoms with Crippen LogP contribution in [0.5, 0.6) is 0 Å². The van der Waals surface area contributed by atoms with Crippen LogP contribution in [0.15, 0.2) is 40.9 Å². The Morgan fingerprint density at radius 1 is 1.14 bits per heavy atom. The van der Waals surface area contributed by atoms with Crippen LogP contribution in [0, 0.1) is 20.8 Å². The second-order valence-corrected chi connectivity index (χ2v) is 5.08. The van der Waals surface area contributed by atoms with Crippen molar-refractivity contribution in [2.75, 3.05) is 5.32 Å². The Labute approximate surface area is 122 Å². The van der Waals surface area contributed by atoms with Gasteiger partial charge in [0.25, 0.3) is 5.91 Å². The fourth-order valence-corrected chi connectivity index (χ4v) is 2.47. The van der Waals surface area contributed by atoms with Crippen molar-refractivity contribution in [2.45, 2.75) is 20.8 Å². The van der Waals surface area contributed by atoms with Crippen LogP contribution in [0.25, 0.3) is 10.9 Å². The van der Waals surface area contributed by atoms with Crippen LogP contribution < -0.4 is 5.32 Å². The molecule has 0 spiro atoms. The van der Waals surface area contributed by atoms with E-state index in [1.165, 1.54) is 0 Å². The van der Waals surface area contributed by atoms with Gasteiger partial charge in [-0.25, -0.2) is 0 Å². The van der Waals surface area contributed by atoms with E-state index in [4.69, 9.17) is 4.42 Å². The molecule has 106 valence electrons. The lowest BCUT2D eigenvalue weighted by Gasteiger charge is -2.06. The number of nitrogens with one attached hydrogen (secondary N) is 1. The number of pyridine rings is 1. The summed E-state index contributed by atoms with van der Waals surface area (Å²) in [6, 6.07) is 9.51. The zero-order valence-corrected chi connectivity index (χ0v) is 12.2. The minimum atomic E-state index is -0.148. The SMILES string of the molecule is Cc1oc(C)c(C(=O)Nc2ccc3ncccc3c2)c1C. The number of hydrogen-bond donors (Lipinski definition) is 1. The van der Waals surface area contributed by atoms with Crippen molar-refractivity contribution in [1.29, 1.82) is 0 Å². The van der Waals surface area contributed by atoms with Crippen LogP contribution >= 0.6 is 0 Å². The third kappa shape index (κ3) is 2.40. The molecule has 0 aliphatic rings. The standard InChI is InChI=1S/C17H16N2O2/c1-10-11(2)21-12(3)16(10)17(20)19-14-6-7-15-13(9-14)5-4-8-18-15/h4-9H,1-3H3,(H,19,20). The maximum Gasteiger partial charge on any atom is 0.259 e. The molecule has 0 fully saturated rings. The summed E-state index contributed by atoms with van der Waals surface area (Å²) in [7, 11) is 0. The molecule has 1 amide bonds. The first-order chi connectivity index (χ1) is 10.1. The number of fused-ring (bicyclic) bond motifs is 1. The third-order valence-corrected chi connectivity index (χ3v) is 3.65. The molecule has 1 aromatic carbocycles. The largest absolute Gasteiger partial charge is 0.466 e. The quantitative estimate of drug-likeness (QED) is 0.771. The Hall–Kier alpha value is -2.62. The molecule has 4 heteroatoms. The average Bonchev–Trinajstić information content (AvgIpc) is 2.72. The molecule has 2 heterocycles. The van der Waals surface area contributed by atoms with Crippen LogP contribution in [-0.4, -0.2) is 10.9 Å². The number of aromatic nitrogens is 1. The Balaban J connectivity index is 1.92. The summed E-state index contributed by atoms with van der Waals surface area (Å²) in [6.45, 7) is 5.56. The molecule has 21 heavy (non-hydrogen) atoms. The lowest BCUT2D eigenvalue weighted by atomic mass is 10.1. The molecule has 2 aromatic heterocycles. The van der Waals surface area contributed by atoms with Crippen molar-refractivity contribution in [1.82, 2.24) is 4.98 Å². The number of amides is 1.